The van der Waals surface area contributed by atoms with Gasteiger partial charge in [-0.25, -0.2) is 4.79 Å². The van der Waals surface area contributed by atoms with E-state index in [0.29, 0.717) is 33.8 Å². The zero-order valence-corrected chi connectivity index (χ0v) is 16.5. The molecule has 8 heteroatoms. The molecule has 0 amide bonds. The van der Waals surface area contributed by atoms with Gasteiger partial charge in [0, 0.05) is 17.0 Å². The summed E-state index contributed by atoms with van der Waals surface area (Å²) in [6, 6.07) is 9.92. The Balaban J connectivity index is 1.47. The maximum absolute atomic E-state index is 12.2. The van der Waals surface area contributed by atoms with Crippen LogP contribution in [0.15, 0.2) is 40.9 Å². The third kappa shape index (κ3) is 3.89. The van der Waals surface area contributed by atoms with E-state index in [1.807, 2.05) is 0 Å². The standard InChI is InChI=1S/C22H20N2O6/c1-12-17(9-8-16(19(12)25)20(26)13-6-7-13)29-11-18-23-21(24-30-18)14-4-3-5-15(10-14)22(27)28-2/h3-5,8-10,13,25H,6-7,11H2,1-2H3. The normalized spacial score (nSPS) is 13.1. The molecule has 1 aliphatic carbocycles. The Kier molecular flexibility index (Phi) is 5.22. The zero-order chi connectivity index (χ0) is 21.3. The van der Waals surface area contributed by atoms with Crippen molar-refractivity contribution in [3.8, 4) is 22.9 Å². The van der Waals surface area contributed by atoms with E-state index in [4.69, 9.17) is 14.0 Å². The summed E-state index contributed by atoms with van der Waals surface area (Å²) in [4.78, 5) is 28.2. The first-order chi connectivity index (χ1) is 14.5. The van der Waals surface area contributed by atoms with Gasteiger partial charge in [-0.05, 0) is 44.0 Å². The van der Waals surface area contributed by atoms with Crippen LogP contribution in [0.3, 0.4) is 0 Å². The molecule has 1 fully saturated rings. The molecule has 154 valence electrons. The molecule has 1 aliphatic rings. The summed E-state index contributed by atoms with van der Waals surface area (Å²) in [6.07, 6.45) is 1.75. The second kappa shape index (κ2) is 7.98. The molecule has 0 saturated heterocycles. The fourth-order valence-corrected chi connectivity index (χ4v) is 3.08. The van der Waals surface area contributed by atoms with Crippen LogP contribution in [0.2, 0.25) is 0 Å². The molecule has 2 aromatic carbocycles. The number of ketones is 1. The van der Waals surface area contributed by atoms with Crippen molar-refractivity contribution in [1.29, 1.82) is 0 Å². The smallest absolute Gasteiger partial charge is 0.337 e. The van der Waals surface area contributed by atoms with Gasteiger partial charge in [-0.1, -0.05) is 17.3 Å². The second-order valence-electron chi connectivity index (χ2n) is 7.10. The van der Waals surface area contributed by atoms with E-state index >= 15 is 0 Å². The van der Waals surface area contributed by atoms with Crippen molar-refractivity contribution in [3.63, 3.8) is 0 Å². The fourth-order valence-electron chi connectivity index (χ4n) is 3.08. The Bertz CT molecular complexity index is 1120. The highest BCUT2D eigenvalue weighted by Crippen LogP contribution is 2.38. The van der Waals surface area contributed by atoms with Crippen molar-refractivity contribution in [1.82, 2.24) is 10.1 Å². The molecule has 3 aromatic rings. The van der Waals surface area contributed by atoms with E-state index in [9.17, 15) is 14.7 Å². The molecule has 0 unspecified atom stereocenters. The number of aromatic nitrogens is 2. The van der Waals surface area contributed by atoms with E-state index in [0.717, 1.165) is 12.8 Å². The molecule has 1 saturated carbocycles. The van der Waals surface area contributed by atoms with Gasteiger partial charge in [0.15, 0.2) is 12.4 Å². The van der Waals surface area contributed by atoms with Crippen LogP contribution in [0.25, 0.3) is 11.4 Å². The molecule has 1 heterocycles. The first-order valence-corrected chi connectivity index (χ1v) is 9.49. The summed E-state index contributed by atoms with van der Waals surface area (Å²) in [5.74, 6) is 0.439. The van der Waals surface area contributed by atoms with E-state index in [2.05, 4.69) is 10.1 Å². The molecule has 0 atom stereocenters. The number of carbonyl (C=O) groups is 2. The zero-order valence-electron chi connectivity index (χ0n) is 16.5. The Morgan fingerprint density at radius 1 is 1.23 bits per heavy atom. The molecule has 1 aromatic heterocycles. The number of carbonyl (C=O) groups excluding carboxylic acids is 2. The first kappa shape index (κ1) is 19.6. The summed E-state index contributed by atoms with van der Waals surface area (Å²) in [5.41, 5.74) is 1.79. The van der Waals surface area contributed by atoms with Gasteiger partial charge in [-0.3, -0.25) is 4.79 Å². The Labute approximate surface area is 172 Å². The van der Waals surface area contributed by atoms with Crippen LogP contribution in [-0.4, -0.2) is 34.1 Å². The number of nitrogens with zero attached hydrogens (tertiary/aromatic N) is 2. The van der Waals surface area contributed by atoms with Gasteiger partial charge in [0.1, 0.15) is 11.5 Å². The van der Waals surface area contributed by atoms with Gasteiger partial charge in [0.05, 0.1) is 18.2 Å². The molecular weight excluding hydrogens is 388 g/mol. The van der Waals surface area contributed by atoms with Gasteiger partial charge >= 0.3 is 5.97 Å². The number of Topliss-reactive ketones (excluding diaryl/α,β-unsaturated/α-hetero) is 1. The van der Waals surface area contributed by atoms with E-state index < -0.39 is 5.97 Å². The number of methoxy groups -OCH3 is 1. The molecule has 1 N–H and O–H groups in total. The van der Waals surface area contributed by atoms with Gasteiger partial charge in [0.2, 0.25) is 5.82 Å². The Morgan fingerprint density at radius 3 is 2.77 bits per heavy atom. The maximum Gasteiger partial charge on any atom is 0.337 e. The number of benzene rings is 2. The van der Waals surface area contributed by atoms with Gasteiger partial charge in [-0.2, -0.15) is 4.98 Å². The summed E-state index contributed by atoms with van der Waals surface area (Å²) in [6.45, 7) is 1.67. The lowest BCUT2D eigenvalue weighted by atomic mass is 10.0. The molecule has 0 bridgehead atoms. The monoisotopic (exact) mass is 408 g/mol. The average Bonchev–Trinajstić information content (AvgIpc) is 3.51. The average molecular weight is 408 g/mol. The molecule has 30 heavy (non-hydrogen) atoms. The largest absolute Gasteiger partial charge is 0.507 e. The summed E-state index contributed by atoms with van der Waals surface area (Å²) in [7, 11) is 1.31. The number of rotatable bonds is 7. The minimum Gasteiger partial charge on any atom is -0.507 e. The number of esters is 1. The molecule has 0 aliphatic heterocycles. The Morgan fingerprint density at radius 2 is 2.03 bits per heavy atom. The number of phenols is 1. The number of hydrogen-bond donors (Lipinski definition) is 1. The molecule has 0 radical (unpaired) electrons. The molecule has 0 spiro atoms. The van der Waals surface area contributed by atoms with Crippen molar-refractivity contribution in [2.45, 2.75) is 26.4 Å². The van der Waals surface area contributed by atoms with Crippen LogP contribution < -0.4 is 4.74 Å². The highest BCUT2D eigenvalue weighted by molar-refractivity contribution is 6.02. The third-order valence-corrected chi connectivity index (χ3v) is 4.96. The number of ether oxygens (including phenoxy) is 2. The third-order valence-electron chi connectivity index (χ3n) is 4.96. The quantitative estimate of drug-likeness (QED) is 0.465. The van der Waals surface area contributed by atoms with Crippen LogP contribution in [0, 0.1) is 12.8 Å². The van der Waals surface area contributed by atoms with E-state index in [-0.39, 0.29) is 29.9 Å². The highest BCUT2D eigenvalue weighted by Gasteiger charge is 2.32. The van der Waals surface area contributed by atoms with E-state index in [1.54, 1.807) is 43.3 Å². The fraction of sp³-hybridized carbons (Fsp3) is 0.273. The molecular formula is C22H20N2O6. The van der Waals surface area contributed by atoms with Crippen LogP contribution >= 0.6 is 0 Å². The number of phenolic OH excluding ortho intramolecular Hbond substituents is 1. The topological polar surface area (TPSA) is 112 Å². The van der Waals surface area contributed by atoms with Crippen molar-refractivity contribution >= 4 is 11.8 Å². The lowest BCUT2D eigenvalue weighted by Crippen LogP contribution is -2.04. The van der Waals surface area contributed by atoms with Gasteiger partial charge in [-0.15, -0.1) is 0 Å². The number of aromatic hydroxyl groups is 1. The van der Waals surface area contributed by atoms with Crippen molar-refractivity contribution in [3.05, 3.63) is 59.0 Å². The lowest BCUT2D eigenvalue weighted by Gasteiger charge is -2.11. The summed E-state index contributed by atoms with van der Waals surface area (Å²) < 4.78 is 15.6. The van der Waals surface area contributed by atoms with Crippen molar-refractivity contribution in [2.75, 3.05) is 7.11 Å². The predicted molar refractivity (Wildman–Crippen MR) is 105 cm³/mol. The minimum atomic E-state index is -0.456. The summed E-state index contributed by atoms with van der Waals surface area (Å²) >= 11 is 0. The predicted octanol–water partition coefficient (Wildman–Crippen LogP) is 3.71. The van der Waals surface area contributed by atoms with Crippen LogP contribution in [-0.2, 0) is 11.3 Å². The van der Waals surface area contributed by atoms with Crippen LogP contribution in [0.5, 0.6) is 11.5 Å². The van der Waals surface area contributed by atoms with Gasteiger partial charge < -0.3 is 19.1 Å². The second-order valence-corrected chi connectivity index (χ2v) is 7.10. The first-order valence-electron chi connectivity index (χ1n) is 9.49. The van der Waals surface area contributed by atoms with E-state index in [1.165, 1.54) is 7.11 Å². The molecule has 4 rings (SSSR count). The lowest BCUT2D eigenvalue weighted by molar-refractivity contribution is 0.0600. The van der Waals surface area contributed by atoms with Crippen molar-refractivity contribution < 1.29 is 28.7 Å². The minimum absolute atomic E-state index is 0.0140. The van der Waals surface area contributed by atoms with Gasteiger partial charge in [0.25, 0.3) is 5.89 Å². The van der Waals surface area contributed by atoms with Crippen LogP contribution in [0.4, 0.5) is 0 Å². The Hall–Kier alpha value is -3.68. The summed E-state index contributed by atoms with van der Waals surface area (Å²) in [5, 5.41) is 14.3. The number of hydrogen-bond acceptors (Lipinski definition) is 8. The van der Waals surface area contributed by atoms with Crippen molar-refractivity contribution in [2.24, 2.45) is 5.92 Å². The maximum atomic E-state index is 12.2. The molecule has 8 nitrogen and oxygen atoms in total. The SMILES string of the molecule is COC(=O)c1cccc(-c2noc(COc3ccc(C(=O)C4CC4)c(O)c3C)n2)c1. The highest BCUT2D eigenvalue weighted by atomic mass is 16.5. The van der Waals surface area contributed by atoms with Crippen LogP contribution in [0.1, 0.15) is 45.0 Å².